The molecule has 228 valence electrons. The van der Waals surface area contributed by atoms with Gasteiger partial charge in [-0.25, -0.2) is 14.8 Å². The first-order valence-corrected chi connectivity index (χ1v) is 14.1. The Labute approximate surface area is 246 Å². The summed E-state index contributed by atoms with van der Waals surface area (Å²) in [5, 5.41) is 12.9. The van der Waals surface area contributed by atoms with Crippen molar-refractivity contribution in [2.75, 3.05) is 44.7 Å². The number of piperidine rings is 1. The van der Waals surface area contributed by atoms with E-state index >= 15 is 0 Å². The molecule has 1 atom stereocenters. The third-order valence-corrected chi connectivity index (χ3v) is 8.13. The van der Waals surface area contributed by atoms with Gasteiger partial charge >= 0.3 is 12.1 Å². The smallest absolute Gasteiger partial charge is 0.433 e. The van der Waals surface area contributed by atoms with Crippen molar-refractivity contribution in [3.63, 3.8) is 0 Å². The van der Waals surface area contributed by atoms with Gasteiger partial charge in [0.25, 0.3) is 0 Å². The van der Waals surface area contributed by atoms with E-state index in [0.29, 0.717) is 42.1 Å². The van der Waals surface area contributed by atoms with E-state index in [1.54, 1.807) is 23.4 Å². The van der Waals surface area contributed by atoms with Crippen molar-refractivity contribution in [3.8, 4) is 17.1 Å². The molecule has 0 radical (unpaired) electrons. The molecule has 43 heavy (non-hydrogen) atoms. The molecule has 2 N–H and O–H groups in total. The molecule has 2 aliphatic heterocycles. The second-order valence-electron chi connectivity index (χ2n) is 10.9. The van der Waals surface area contributed by atoms with E-state index in [4.69, 9.17) is 4.74 Å². The van der Waals surface area contributed by atoms with Crippen molar-refractivity contribution in [2.24, 2.45) is 0 Å². The number of likely N-dealkylation sites (N-methyl/N-ethyl adjacent to an activating group) is 1. The Morgan fingerprint density at radius 1 is 1.12 bits per heavy atom. The Morgan fingerprint density at radius 3 is 2.49 bits per heavy atom. The summed E-state index contributed by atoms with van der Waals surface area (Å²) in [6, 6.07) is 9.24. The molecule has 0 saturated carbocycles. The number of hydrogen-bond acceptors (Lipinski definition) is 8. The first-order chi connectivity index (χ1) is 20.5. The van der Waals surface area contributed by atoms with E-state index in [-0.39, 0.29) is 30.7 Å². The van der Waals surface area contributed by atoms with Gasteiger partial charge in [0, 0.05) is 38.1 Å². The first kappa shape index (κ1) is 30.2. The molecule has 0 aliphatic carbocycles. The summed E-state index contributed by atoms with van der Waals surface area (Å²) in [4.78, 5) is 42.1. The number of hydrogen-bond donors (Lipinski definition) is 2. The maximum atomic E-state index is 14.0. The molecule has 3 aromatic rings. The van der Waals surface area contributed by atoms with Crippen LogP contribution in [0.4, 0.5) is 18.9 Å². The lowest BCUT2D eigenvalue weighted by atomic mass is 9.72. The van der Waals surface area contributed by atoms with Crippen LogP contribution in [0.3, 0.4) is 0 Å². The third kappa shape index (κ3) is 6.26. The Kier molecular flexibility index (Phi) is 8.54. The number of anilines is 1. The van der Waals surface area contributed by atoms with Crippen LogP contribution in [0.15, 0.2) is 48.8 Å². The van der Waals surface area contributed by atoms with Crippen LogP contribution in [-0.2, 0) is 16.4 Å². The molecular weight excluding hydrogens is 565 g/mol. The van der Waals surface area contributed by atoms with Crippen molar-refractivity contribution in [1.29, 1.82) is 0 Å². The highest BCUT2D eigenvalue weighted by atomic mass is 19.4. The molecule has 3 aromatic heterocycles. The molecular formula is C30H33F3N6O4. The standard InChI is InChI=1S/C30H33F3N6O4/c1-3-43-26-21(5-4-13-34-26)22-7-6-19(17-35-22)29(28(42)36-20-10-14-38(2)18-20)11-15-39(16-12-29)23-8-9-24(30(31,32)33)37-25(23)27(40)41/h4-9,13,17,20H,3,10-12,14-16,18H2,1-2H3,(H,36,42)(H,40,41)/t20-/m1/s1. The van der Waals surface area contributed by atoms with Crippen molar-refractivity contribution >= 4 is 17.6 Å². The van der Waals surface area contributed by atoms with Gasteiger partial charge in [0.1, 0.15) is 5.69 Å². The van der Waals surface area contributed by atoms with Gasteiger partial charge in [0.2, 0.25) is 11.8 Å². The average Bonchev–Trinajstić information content (AvgIpc) is 3.41. The van der Waals surface area contributed by atoms with Crippen LogP contribution < -0.4 is 15.0 Å². The minimum absolute atomic E-state index is 0.0125. The number of carbonyl (C=O) groups excluding carboxylic acids is 1. The molecule has 5 heterocycles. The van der Waals surface area contributed by atoms with Crippen LogP contribution >= 0.6 is 0 Å². The number of nitrogens with zero attached hydrogens (tertiary/aromatic N) is 5. The van der Waals surface area contributed by atoms with Gasteiger partial charge in [-0.2, -0.15) is 13.2 Å². The molecule has 0 unspecified atom stereocenters. The largest absolute Gasteiger partial charge is 0.477 e. The molecule has 0 spiro atoms. The van der Waals surface area contributed by atoms with Crippen molar-refractivity contribution in [1.82, 2.24) is 25.2 Å². The topological polar surface area (TPSA) is 121 Å². The number of carboxylic acid groups (broad SMARTS) is 1. The van der Waals surface area contributed by atoms with Crippen LogP contribution in [-0.4, -0.2) is 82.7 Å². The van der Waals surface area contributed by atoms with E-state index in [0.717, 1.165) is 31.6 Å². The Balaban J connectivity index is 1.45. The number of amides is 1. The monoisotopic (exact) mass is 598 g/mol. The summed E-state index contributed by atoms with van der Waals surface area (Å²) in [7, 11) is 2.00. The van der Waals surface area contributed by atoms with Gasteiger partial charge in [0.05, 0.1) is 29.0 Å². The number of aromatic nitrogens is 3. The summed E-state index contributed by atoms with van der Waals surface area (Å²) in [5.74, 6) is -1.25. The van der Waals surface area contributed by atoms with Crippen molar-refractivity contribution in [3.05, 3.63) is 65.7 Å². The van der Waals surface area contributed by atoms with Crippen LogP contribution in [0.25, 0.3) is 11.3 Å². The molecule has 13 heteroatoms. The number of alkyl halides is 3. The van der Waals surface area contributed by atoms with Crippen molar-refractivity contribution in [2.45, 2.75) is 43.8 Å². The van der Waals surface area contributed by atoms with E-state index in [1.165, 1.54) is 0 Å². The zero-order chi connectivity index (χ0) is 30.8. The van der Waals surface area contributed by atoms with Crippen LogP contribution in [0.1, 0.15) is 47.9 Å². The van der Waals surface area contributed by atoms with Gasteiger partial charge < -0.3 is 25.0 Å². The SMILES string of the molecule is CCOc1ncccc1-c1ccc(C2(C(=O)N[C@@H]3CCN(C)C3)CCN(c3ccc(C(F)(F)F)nc3C(=O)O)CC2)cn1. The van der Waals surface area contributed by atoms with E-state index < -0.39 is 28.9 Å². The number of halogens is 3. The molecule has 2 aliphatic rings. The fourth-order valence-corrected chi connectivity index (χ4v) is 5.85. The number of ether oxygens (including phenoxy) is 1. The zero-order valence-electron chi connectivity index (χ0n) is 23.9. The molecule has 2 saturated heterocycles. The molecule has 10 nitrogen and oxygen atoms in total. The van der Waals surface area contributed by atoms with Gasteiger partial charge in [0.15, 0.2) is 5.69 Å². The average molecular weight is 599 g/mol. The lowest BCUT2D eigenvalue weighted by Gasteiger charge is -2.42. The predicted octanol–water partition coefficient (Wildman–Crippen LogP) is 4.01. The second kappa shape index (κ2) is 12.2. The number of aromatic carboxylic acids is 1. The van der Waals surface area contributed by atoms with Gasteiger partial charge in [-0.3, -0.25) is 9.78 Å². The maximum Gasteiger partial charge on any atom is 0.433 e. The van der Waals surface area contributed by atoms with Gasteiger partial charge in [-0.15, -0.1) is 0 Å². The highest BCUT2D eigenvalue weighted by molar-refractivity contribution is 5.93. The molecule has 5 rings (SSSR count). The predicted molar refractivity (Wildman–Crippen MR) is 152 cm³/mol. The Bertz CT molecular complexity index is 1480. The summed E-state index contributed by atoms with van der Waals surface area (Å²) in [6.45, 7) is 4.36. The molecule has 1 amide bonds. The van der Waals surface area contributed by atoms with Crippen LogP contribution in [0, 0.1) is 0 Å². The summed E-state index contributed by atoms with van der Waals surface area (Å²) in [6.07, 6.45) is -0.0550. The number of nitrogens with one attached hydrogen (secondary N) is 1. The fraction of sp³-hybridized carbons (Fsp3) is 0.433. The van der Waals surface area contributed by atoms with E-state index in [1.807, 2.05) is 32.2 Å². The highest BCUT2D eigenvalue weighted by Crippen LogP contribution is 2.40. The van der Waals surface area contributed by atoms with Gasteiger partial charge in [-0.05, 0) is 75.7 Å². The Morgan fingerprint density at radius 2 is 1.88 bits per heavy atom. The summed E-state index contributed by atoms with van der Waals surface area (Å²) in [5.41, 5.74) is -0.793. The van der Waals surface area contributed by atoms with Gasteiger partial charge in [-0.1, -0.05) is 6.07 Å². The van der Waals surface area contributed by atoms with Crippen LogP contribution in [0.2, 0.25) is 0 Å². The zero-order valence-corrected chi connectivity index (χ0v) is 23.9. The first-order valence-electron chi connectivity index (χ1n) is 14.1. The van der Waals surface area contributed by atoms with E-state index in [9.17, 15) is 27.9 Å². The third-order valence-electron chi connectivity index (χ3n) is 8.13. The lowest BCUT2D eigenvalue weighted by Crippen LogP contribution is -2.54. The quantitative estimate of drug-likeness (QED) is 0.396. The lowest BCUT2D eigenvalue weighted by molar-refractivity contribution is -0.141. The van der Waals surface area contributed by atoms with Crippen molar-refractivity contribution < 1.29 is 32.6 Å². The number of pyridine rings is 3. The van der Waals surface area contributed by atoms with Crippen LogP contribution in [0.5, 0.6) is 5.88 Å². The fourth-order valence-electron chi connectivity index (χ4n) is 5.85. The minimum Gasteiger partial charge on any atom is -0.477 e. The number of likely N-dealkylation sites (tertiary alicyclic amines) is 1. The molecule has 2 fully saturated rings. The molecule has 0 bridgehead atoms. The molecule has 0 aromatic carbocycles. The maximum absolute atomic E-state index is 14.0. The Hall–Kier alpha value is -4.26. The number of carbonyl (C=O) groups is 2. The number of rotatable bonds is 8. The highest BCUT2D eigenvalue weighted by Gasteiger charge is 2.45. The normalized spacial score (nSPS) is 18.8. The summed E-state index contributed by atoms with van der Waals surface area (Å²) < 4.78 is 45.4. The number of carboxylic acids is 1. The second-order valence-corrected chi connectivity index (χ2v) is 10.9. The minimum atomic E-state index is -4.77. The van der Waals surface area contributed by atoms with E-state index in [2.05, 4.69) is 25.2 Å². The summed E-state index contributed by atoms with van der Waals surface area (Å²) >= 11 is 0.